The molecule has 1 aromatic heterocycles. The van der Waals surface area contributed by atoms with Crippen LogP contribution in [0.3, 0.4) is 0 Å². The second-order valence-corrected chi connectivity index (χ2v) is 10.6. The number of piperidine rings is 1. The smallest absolute Gasteiger partial charge is 0.253 e. The van der Waals surface area contributed by atoms with E-state index < -0.39 is 10.0 Å². The minimum atomic E-state index is -3.73. The molecule has 7 nitrogen and oxygen atoms in total. The van der Waals surface area contributed by atoms with Gasteiger partial charge < -0.3 is 10.2 Å². The number of amides is 2. The number of sulfonamides is 1. The molecule has 1 saturated heterocycles. The molecule has 0 bridgehead atoms. The zero-order chi connectivity index (χ0) is 23.3. The number of rotatable bonds is 7. The highest BCUT2D eigenvalue weighted by molar-refractivity contribution is 7.89. The van der Waals surface area contributed by atoms with Gasteiger partial charge in [-0.15, -0.1) is 11.3 Å². The van der Waals surface area contributed by atoms with Crippen LogP contribution in [-0.2, 0) is 16.6 Å². The number of benzene rings is 2. The molecule has 9 heteroatoms. The maximum absolute atomic E-state index is 13.0. The summed E-state index contributed by atoms with van der Waals surface area (Å²) in [6, 6.07) is 18.9. The van der Waals surface area contributed by atoms with Crippen LogP contribution in [0.2, 0.25) is 0 Å². The molecule has 1 aliphatic rings. The van der Waals surface area contributed by atoms with Crippen molar-refractivity contribution in [3.05, 3.63) is 88.1 Å². The maximum Gasteiger partial charge on any atom is 0.253 e. The van der Waals surface area contributed by atoms with E-state index in [1.807, 2.05) is 35.7 Å². The molecule has 4 rings (SSSR count). The number of nitrogens with one attached hydrogen (secondary N) is 2. The molecule has 1 aliphatic heterocycles. The highest BCUT2D eigenvalue weighted by atomic mass is 32.2. The lowest BCUT2D eigenvalue weighted by Crippen LogP contribution is -2.46. The standard InChI is InChI=1S/C24H25N3O4S2/c28-23(18-6-2-1-3-7-18)26-20-11-13-27(14-12-20)24(29)19-8-4-10-22(16-19)33(30,31)25-17-21-9-5-15-32-21/h1-10,15-16,20,25H,11-14,17H2,(H,26,28). The van der Waals surface area contributed by atoms with Crippen LogP contribution in [0.15, 0.2) is 77.0 Å². The normalized spacial score (nSPS) is 14.7. The van der Waals surface area contributed by atoms with E-state index in [1.54, 1.807) is 29.2 Å². The molecule has 0 atom stereocenters. The second kappa shape index (κ2) is 10.3. The highest BCUT2D eigenvalue weighted by Crippen LogP contribution is 2.18. The summed E-state index contributed by atoms with van der Waals surface area (Å²) in [5.74, 6) is -0.327. The number of hydrogen-bond acceptors (Lipinski definition) is 5. The lowest BCUT2D eigenvalue weighted by Gasteiger charge is -2.32. The lowest BCUT2D eigenvalue weighted by molar-refractivity contribution is 0.0698. The first kappa shape index (κ1) is 23.2. The monoisotopic (exact) mass is 483 g/mol. The van der Waals surface area contributed by atoms with Gasteiger partial charge >= 0.3 is 0 Å². The molecular formula is C24H25N3O4S2. The summed E-state index contributed by atoms with van der Waals surface area (Å²) in [4.78, 5) is 28.0. The number of carbonyl (C=O) groups is 2. The number of thiophene rings is 1. The molecule has 1 fully saturated rings. The van der Waals surface area contributed by atoms with Gasteiger partial charge in [0.1, 0.15) is 0 Å². The van der Waals surface area contributed by atoms with Crippen LogP contribution in [0.5, 0.6) is 0 Å². The molecule has 2 N–H and O–H groups in total. The molecule has 0 saturated carbocycles. The van der Waals surface area contributed by atoms with Crippen molar-refractivity contribution in [3.63, 3.8) is 0 Å². The Morgan fingerprint density at radius 1 is 0.939 bits per heavy atom. The Kier molecular flexibility index (Phi) is 7.22. The van der Waals surface area contributed by atoms with Crippen molar-refractivity contribution in [2.24, 2.45) is 0 Å². The average Bonchev–Trinajstić information content (AvgIpc) is 3.37. The SMILES string of the molecule is O=C(NC1CCN(C(=O)c2cccc(S(=O)(=O)NCc3cccs3)c2)CC1)c1ccccc1. The van der Waals surface area contributed by atoms with E-state index in [-0.39, 0.29) is 29.3 Å². The Bertz CT molecular complexity index is 1200. The van der Waals surface area contributed by atoms with Gasteiger partial charge in [-0.2, -0.15) is 0 Å². The molecule has 0 unspecified atom stereocenters. The van der Waals surface area contributed by atoms with E-state index in [4.69, 9.17) is 0 Å². The predicted octanol–water partition coefficient (Wildman–Crippen LogP) is 3.26. The summed E-state index contributed by atoms with van der Waals surface area (Å²) in [7, 11) is -3.73. The van der Waals surface area contributed by atoms with Crippen molar-refractivity contribution in [1.82, 2.24) is 14.9 Å². The molecular weight excluding hydrogens is 458 g/mol. The van der Waals surface area contributed by atoms with E-state index in [0.717, 1.165) is 4.88 Å². The Morgan fingerprint density at radius 2 is 1.67 bits per heavy atom. The highest BCUT2D eigenvalue weighted by Gasteiger charge is 2.26. The summed E-state index contributed by atoms with van der Waals surface area (Å²) >= 11 is 1.47. The fraction of sp³-hybridized carbons (Fsp3) is 0.250. The van der Waals surface area contributed by atoms with Crippen molar-refractivity contribution in [3.8, 4) is 0 Å². The fourth-order valence-corrected chi connectivity index (χ4v) is 5.51. The van der Waals surface area contributed by atoms with Crippen LogP contribution in [0.4, 0.5) is 0 Å². The summed E-state index contributed by atoms with van der Waals surface area (Å²) in [5, 5.41) is 4.91. The van der Waals surface area contributed by atoms with Crippen LogP contribution >= 0.6 is 11.3 Å². The second-order valence-electron chi connectivity index (χ2n) is 7.84. The zero-order valence-electron chi connectivity index (χ0n) is 17.9. The minimum absolute atomic E-state index is 0.00470. The summed E-state index contributed by atoms with van der Waals surface area (Å²) in [5.41, 5.74) is 0.947. The first-order chi connectivity index (χ1) is 15.9. The third-order valence-corrected chi connectivity index (χ3v) is 7.84. The van der Waals surface area contributed by atoms with Gasteiger partial charge in [0.05, 0.1) is 4.90 Å². The lowest BCUT2D eigenvalue weighted by atomic mass is 10.0. The van der Waals surface area contributed by atoms with Crippen LogP contribution in [0, 0.1) is 0 Å². The molecule has 2 amide bonds. The number of hydrogen-bond donors (Lipinski definition) is 2. The van der Waals surface area contributed by atoms with Crippen molar-refractivity contribution < 1.29 is 18.0 Å². The van der Waals surface area contributed by atoms with E-state index in [0.29, 0.717) is 37.1 Å². The van der Waals surface area contributed by atoms with Gasteiger partial charge in [-0.1, -0.05) is 30.3 Å². The Labute approximate surface area is 197 Å². The van der Waals surface area contributed by atoms with E-state index in [1.165, 1.54) is 23.5 Å². The van der Waals surface area contributed by atoms with E-state index in [2.05, 4.69) is 10.0 Å². The quantitative estimate of drug-likeness (QED) is 0.539. The topological polar surface area (TPSA) is 95.6 Å². The molecule has 3 aromatic rings. The molecule has 0 radical (unpaired) electrons. The largest absolute Gasteiger partial charge is 0.349 e. The minimum Gasteiger partial charge on any atom is -0.349 e. The molecule has 172 valence electrons. The molecule has 2 aromatic carbocycles. The summed E-state index contributed by atoms with van der Waals surface area (Å²) < 4.78 is 27.9. The fourth-order valence-electron chi connectivity index (χ4n) is 3.73. The van der Waals surface area contributed by atoms with Crippen LogP contribution in [0.1, 0.15) is 38.4 Å². The predicted molar refractivity (Wildman–Crippen MR) is 128 cm³/mol. The molecule has 0 aliphatic carbocycles. The maximum atomic E-state index is 13.0. The van der Waals surface area contributed by atoms with Gasteiger partial charge in [-0.05, 0) is 54.6 Å². The van der Waals surface area contributed by atoms with Crippen molar-refractivity contribution >= 4 is 33.2 Å². The zero-order valence-corrected chi connectivity index (χ0v) is 19.6. The van der Waals surface area contributed by atoms with Crippen LogP contribution in [0.25, 0.3) is 0 Å². The van der Waals surface area contributed by atoms with Gasteiger partial charge in [0.2, 0.25) is 10.0 Å². The van der Waals surface area contributed by atoms with E-state index in [9.17, 15) is 18.0 Å². The number of nitrogens with zero attached hydrogens (tertiary/aromatic N) is 1. The Hall–Kier alpha value is -3.01. The average molecular weight is 484 g/mol. The summed E-state index contributed by atoms with van der Waals surface area (Å²) in [6.45, 7) is 1.19. The van der Waals surface area contributed by atoms with E-state index >= 15 is 0 Å². The molecule has 0 spiro atoms. The third kappa shape index (κ3) is 5.87. The van der Waals surface area contributed by atoms with Crippen LogP contribution < -0.4 is 10.0 Å². The number of likely N-dealkylation sites (tertiary alicyclic amines) is 1. The van der Waals surface area contributed by atoms with Gasteiger partial charge in [0, 0.05) is 41.7 Å². The third-order valence-electron chi connectivity index (χ3n) is 5.56. The number of carbonyl (C=O) groups excluding carboxylic acids is 2. The van der Waals surface area contributed by atoms with Crippen molar-refractivity contribution in [1.29, 1.82) is 0 Å². The summed E-state index contributed by atoms with van der Waals surface area (Å²) in [6.07, 6.45) is 1.29. The van der Waals surface area contributed by atoms with Gasteiger partial charge in [-0.25, -0.2) is 13.1 Å². The van der Waals surface area contributed by atoms with Gasteiger partial charge in [-0.3, -0.25) is 9.59 Å². The van der Waals surface area contributed by atoms with Gasteiger partial charge in [0.15, 0.2) is 0 Å². The first-order valence-electron chi connectivity index (χ1n) is 10.7. The van der Waals surface area contributed by atoms with Crippen molar-refractivity contribution in [2.75, 3.05) is 13.1 Å². The van der Waals surface area contributed by atoms with Gasteiger partial charge in [0.25, 0.3) is 11.8 Å². The van der Waals surface area contributed by atoms with Crippen LogP contribution in [-0.4, -0.2) is 44.3 Å². The first-order valence-corrected chi connectivity index (χ1v) is 13.1. The van der Waals surface area contributed by atoms with Crippen molar-refractivity contribution in [2.45, 2.75) is 30.3 Å². The Morgan fingerprint density at radius 3 is 2.36 bits per heavy atom. The molecule has 2 heterocycles. The Balaban J connectivity index is 1.34. The molecule has 33 heavy (non-hydrogen) atoms.